The van der Waals surface area contributed by atoms with Crippen molar-refractivity contribution in [3.05, 3.63) is 53.6 Å². The average molecular weight is 238 g/mol. The molecule has 2 heteroatoms. The molecule has 2 nitrogen and oxygen atoms in total. The number of benzene rings is 2. The van der Waals surface area contributed by atoms with Crippen LogP contribution in [0.2, 0.25) is 0 Å². The summed E-state index contributed by atoms with van der Waals surface area (Å²) in [5.74, 6) is 0. The normalized spacial score (nSPS) is 14.4. The molecular weight excluding hydrogens is 220 g/mol. The molecule has 2 N–H and O–H groups in total. The molecule has 0 amide bonds. The number of fused-ring (bicyclic) bond motifs is 1. The van der Waals surface area contributed by atoms with Crippen LogP contribution in [0.3, 0.4) is 0 Å². The molecule has 0 saturated heterocycles. The third-order valence-corrected chi connectivity index (χ3v) is 3.65. The van der Waals surface area contributed by atoms with Crippen molar-refractivity contribution in [1.82, 2.24) is 0 Å². The summed E-state index contributed by atoms with van der Waals surface area (Å²) in [5, 5.41) is 0. The van der Waals surface area contributed by atoms with Gasteiger partial charge in [-0.2, -0.15) is 0 Å². The van der Waals surface area contributed by atoms with Gasteiger partial charge in [-0.15, -0.1) is 0 Å². The van der Waals surface area contributed by atoms with Crippen LogP contribution in [0.25, 0.3) is 0 Å². The van der Waals surface area contributed by atoms with Crippen molar-refractivity contribution in [3.8, 4) is 0 Å². The molecule has 2 aromatic carbocycles. The Morgan fingerprint density at radius 1 is 1.06 bits per heavy atom. The van der Waals surface area contributed by atoms with Gasteiger partial charge in [0.15, 0.2) is 0 Å². The molecule has 0 aromatic heterocycles. The molecule has 0 fully saturated rings. The molecule has 3 rings (SSSR count). The summed E-state index contributed by atoms with van der Waals surface area (Å²) in [6, 6.07) is 14.8. The lowest BCUT2D eigenvalue weighted by Gasteiger charge is -2.33. The van der Waals surface area contributed by atoms with Gasteiger partial charge >= 0.3 is 0 Å². The zero-order valence-corrected chi connectivity index (χ0v) is 10.7. The number of hydrogen-bond donors (Lipinski definition) is 1. The quantitative estimate of drug-likeness (QED) is 0.768. The summed E-state index contributed by atoms with van der Waals surface area (Å²) in [6.45, 7) is 3.18. The molecule has 92 valence electrons. The highest BCUT2D eigenvalue weighted by atomic mass is 15.2. The first-order valence-corrected chi connectivity index (χ1v) is 6.48. The Balaban J connectivity index is 2.14. The first kappa shape index (κ1) is 11.1. The molecule has 0 atom stereocenters. The third kappa shape index (κ3) is 1.74. The van der Waals surface area contributed by atoms with Gasteiger partial charge in [-0.05, 0) is 43.0 Å². The maximum Gasteiger partial charge on any atom is 0.0674 e. The summed E-state index contributed by atoms with van der Waals surface area (Å²) >= 11 is 0. The van der Waals surface area contributed by atoms with E-state index < -0.39 is 0 Å². The number of para-hydroxylation sites is 2. The summed E-state index contributed by atoms with van der Waals surface area (Å²) in [4.78, 5) is 2.36. The van der Waals surface area contributed by atoms with Gasteiger partial charge in [-0.3, -0.25) is 0 Å². The minimum absolute atomic E-state index is 0.867. The van der Waals surface area contributed by atoms with E-state index in [-0.39, 0.29) is 0 Å². The Morgan fingerprint density at radius 2 is 1.89 bits per heavy atom. The third-order valence-electron chi connectivity index (χ3n) is 3.65. The number of rotatable bonds is 1. The lowest BCUT2D eigenvalue weighted by molar-refractivity contribution is 0.766. The number of nitrogen functional groups attached to an aromatic ring is 1. The van der Waals surface area contributed by atoms with E-state index in [2.05, 4.69) is 42.2 Å². The van der Waals surface area contributed by atoms with Crippen LogP contribution in [0.15, 0.2) is 42.5 Å². The minimum atomic E-state index is 0.867. The van der Waals surface area contributed by atoms with Crippen molar-refractivity contribution in [2.45, 2.75) is 19.8 Å². The van der Waals surface area contributed by atoms with Crippen LogP contribution in [0, 0.1) is 6.92 Å². The highest BCUT2D eigenvalue weighted by Gasteiger charge is 2.20. The maximum atomic E-state index is 6.17. The molecule has 0 bridgehead atoms. The molecule has 0 radical (unpaired) electrons. The Kier molecular flexibility index (Phi) is 2.71. The lowest BCUT2D eigenvalue weighted by atomic mass is 10.00. The molecular formula is C16H18N2. The predicted molar refractivity (Wildman–Crippen MR) is 77.4 cm³/mol. The Morgan fingerprint density at radius 3 is 2.72 bits per heavy atom. The van der Waals surface area contributed by atoms with Crippen molar-refractivity contribution in [2.75, 3.05) is 17.2 Å². The van der Waals surface area contributed by atoms with Crippen LogP contribution in [0.1, 0.15) is 17.5 Å². The standard InChI is InChI=1S/C16H18N2/c1-12-6-4-9-14(17)16(12)18-11-5-8-13-7-2-3-10-15(13)18/h2-4,6-7,9-10H,5,8,11,17H2,1H3. The van der Waals surface area contributed by atoms with Gasteiger partial charge in [0, 0.05) is 12.2 Å². The first-order valence-electron chi connectivity index (χ1n) is 6.48. The molecule has 18 heavy (non-hydrogen) atoms. The smallest absolute Gasteiger partial charge is 0.0674 e. The second-order valence-corrected chi connectivity index (χ2v) is 4.90. The van der Waals surface area contributed by atoms with Crippen LogP contribution in [0.4, 0.5) is 17.1 Å². The number of anilines is 3. The number of nitrogens with two attached hydrogens (primary N) is 1. The van der Waals surface area contributed by atoms with Crippen molar-refractivity contribution in [1.29, 1.82) is 0 Å². The summed E-state index contributed by atoms with van der Waals surface area (Å²) < 4.78 is 0. The van der Waals surface area contributed by atoms with E-state index in [0.717, 1.165) is 12.2 Å². The second kappa shape index (κ2) is 4.37. The van der Waals surface area contributed by atoms with Gasteiger partial charge in [0.1, 0.15) is 0 Å². The molecule has 1 heterocycles. The fraction of sp³-hybridized carbons (Fsp3) is 0.250. The Hall–Kier alpha value is -1.96. The molecule has 1 aliphatic rings. The topological polar surface area (TPSA) is 29.3 Å². The zero-order chi connectivity index (χ0) is 12.5. The fourth-order valence-corrected chi connectivity index (χ4v) is 2.82. The molecule has 0 aliphatic carbocycles. The van der Waals surface area contributed by atoms with Gasteiger partial charge in [0.2, 0.25) is 0 Å². The van der Waals surface area contributed by atoms with Crippen LogP contribution in [-0.4, -0.2) is 6.54 Å². The van der Waals surface area contributed by atoms with Gasteiger partial charge in [-0.25, -0.2) is 0 Å². The summed E-state index contributed by atoms with van der Waals surface area (Å²) in [5.41, 5.74) is 12.2. The SMILES string of the molecule is Cc1cccc(N)c1N1CCCc2ccccc21. The lowest BCUT2D eigenvalue weighted by Crippen LogP contribution is -2.25. The van der Waals surface area contributed by atoms with Gasteiger partial charge in [0.25, 0.3) is 0 Å². The predicted octanol–water partition coefficient (Wildman–Crippen LogP) is 3.66. The Labute approximate surface area is 108 Å². The van der Waals surface area contributed by atoms with Crippen LogP contribution >= 0.6 is 0 Å². The zero-order valence-electron chi connectivity index (χ0n) is 10.7. The van der Waals surface area contributed by atoms with Crippen molar-refractivity contribution >= 4 is 17.1 Å². The van der Waals surface area contributed by atoms with E-state index in [1.807, 2.05) is 12.1 Å². The summed E-state index contributed by atoms with van der Waals surface area (Å²) in [6.07, 6.45) is 2.35. The monoisotopic (exact) mass is 238 g/mol. The number of nitrogens with zero attached hydrogens (tertiary/aromatic N) is 1. The van der Waals surface area contributed by atoms with E-state index in [0.29, 0.717) is 0 Å². The van der Waals surface area contributed by atoms with Crippen molar-refractivity contribution < 1.29 is 0 Å². The molecule has 0 spiro atoms. The van der Waals surface area contributed by atoms with Gasteiger partial charge in [-0.1, -0.05) is 30.3 Å². The Bertz CT molecular complexity index is 555. The average Bonchev–Trinajstić information content (AvgIpc) is 2.39. The molecule has 0 unspecified atom stereocenters. The molecule has 0 saturated carbocycles. The summed E-state index contributed by atoms with van der Waals surface area (Å²) in [7, 11) is 0. The largest absolute Gasteiger partial charge is 0.397 e. The molecule has 1 aliphatic heterocycles. The van der Waals surface area contributed by atoms with Gasteiger partial charge < -0.3 is 10.6 Å². The number of hydrogen-bond acceptors (Lipinski definition) is 2. The van der Waals surface area contributed by atoms with Crippen LogP contribution in [-0.2, 0) is 6.42 Å². The highest BCUT2D eigenvalue weighted by Crippen LogP contribution is 2.38. The van der Waals surface area contributed by atoms with Gasteiger partial charge in [0.05, 0.1) is 11.4 Å². The van der Waals surface area contributed by atoms with Crippen molar-refractivity contribution in [2.24, 2.45) is 0 Å². The number of aryl methyl sites for hydroxylation is 2. The van der Waals surface area contributed by atoms with E-state index in [4.69, 9.17) is 5.73 Å². The van der Waals surface area contributed by atoms with E-state index >= 15 is 0 Å². The van der Waals surface area contributed by atoms with Crippen molar-refractivity contribution in [3.63, 3.8) is 0 Å². The van der Waals surface area contributed by atoms with E-state index in [1.165, 1.54) is 35.3 Å². The van der Waals surface area contributed by atoms with Crippen LogP contribution in [0.5, 0.6) is 0 Å². The minimum Gasteiger partial charge on any atom is -0.397 e. The van der Waals surface area contributed by atoms with E-state index in [9.17, 15) is 0 Å². The molecule has 2 aromatic rings. The fourth-order valence-electron chi connectivity index (χ4n) is 2.82. The van der Waals surface area contributed by atoms with E-state index in [1.54, 1.807) is 0 Å². The second-order valence-electron chi connectivity index (χ2n) is 4.90. The highest BCUT2D eigenvalue weighted by molar-refractivity contribution is 5.79. The first-order chi connectivity index (χ1) is 8.77. The van der Waals surface area contributed by atoms with Crippen LogP contribution < -0.4 is 10.6 Å². The maximum absolute atomic E-state index is 6.17.